The summed E-state index contributed by atoms with van der Waals surface area (Å²) in [5, 5.41) is 7.45. The van der Waals surface area contributed by atoms with Crippen molar-refractivity contribution in [1.29, 1.82) is 0 Å². The fourth-order valence-electron chi connectivity index (χ4n) is 2.88. The molecule has 0 unspecified atom stereocenters. The number of rotatable bonds is 3. The van der Waals surface area contributed by atoms with E-state index in [0.29, 0.717) is 43.6 Å². The molecule has 4 rings (SSSR count). The molecule has 0 saturated carbocycles. The van der Waals surface area contributed by atoms with E-state index in [0.717, 1.165) is 16.3 Å². The average molecular weight is 402 g/mol. The van der Waals surface area contributed by atoms with Crippen molar-refractivity contribution in [1.82, 2.24) is 19.4 Å². The summed E-state index contributed by atoms with van der Waals surface area (Å²) < 4.78 is 22.5. The monoisotopic (exact) mass is 402 g/mol. The number of benzene rings is 1. The Balaban J connectivity index is 1.36. The first-order chi connectivity index (χ1) is 13.5. The fraction of sp³-hybridized carbons (Fsp3) is 0.333. The lowest BCUT2D eigenvalue weighted by molar-refractivity contribution is 0.208. The lowest BCUT2D eigenvalue weighted by Gasteiger charge is -2.34. The van der Waals surface area contributed by atoms with Crippen molar-refractivity contribution in [2.24, 2.45) is 0 Å². The zero-order chi connectivity index (χ0) is 19.7. The predicted molar refractivity (Wildman–Crippen MR) is 104 cm³/mol. The highest BCUT2D eigenvalue weighted by Crippen LogP contribution is 2.25. The smallest absolute Gasteiger partial charge is 0.323 e. The van der Waals surface area contributed by atoms with Crippen molar-refractivity contribution in [2.45, 2.75) is 13.8 Å². The van der Waals surface area contributed by atoms with Crippen molar-refractivity contribution >= 4 is 28.5 Å². The Morgan fingerprint density at radius 3 is 2.54 bits per heavy atom. The van der Waals surface area contributed by atoms with Gasteiger partial charge in [-0.2, -0.15) is 9.36 Å². The quantitative estimate of drug-likeness (QED) is 0.723. The van der Waals surface area contributed by atoms with Crippen LogP contribution in [0.25, 0.3) is 11.4 Å². The van der Waals surface area contributed by atoms with Gasteiger partial charge < -0.3 is 14.3 Å². The summed E-state index contributed by atoms with van der Waals surface area (Å²) in [4.78, 5) is 20.8. The Morgan fingerprint density at radius 2 is 1.89 bits per heavy atom. The number of carbonyl (C=O) groups is 1. The van der Waals surface area contributed by atoms with Gasteiger partial charge in [-0.15, -0.1) is 0 Å². The molecular weight excluding hydrogens is 383 g/mol. The molecule has 10 heteroatoms. The summed E-state index contributed by atoms with van der Waals surface area (Å²) in [6.45, 7) is 6.09. The summed E-state index contributed by atoms with van der Waals surface area (Å²) in [5.41, 5.74) is 1.61. The number of nitrogens with zero attached hydrogens (tertiary/aromatic N) is 5. The third-order valence-electron chi connectivity index (χ3n) is 4.74. The molecule has 1 aliphatic rings. The van der Waals surface area contributed by atoms with E-state index in [4.69, 9.17) is 4.52 Å². The number of carbonyl (C=O) groups excluding carboxylic acids is 1. The molecule has 1 fully saturated rings. The zero-order valence-corrected chi connectivity index (χ0v) is 16.3. The normalized spacial score (nSPS) is 14.4. The number of aryl methyl sites for hydroxylation is 1. The van der Waals surface area contributed by atoms with Gasteiger partial charge in [-0.3, -0.25) is 5.32 Å². The molecule has 2 aromatic heterocycles. The van der Waals surface area contributed by atoms with Gasteiger partial charge in [0.25, 0.3) is 0 Å². The van der Waals surface area contributed by atoms with Gasteiger partial charge in [0.15, 0.2) is 11.6 Å². The molecule has 3 aromatic rings. The van der Waals surface area contributed by atoms with Crippen molar-refractivity contribution < 1.29 is 13.7 Å². The van der Waals surface area contributed by atoms with E-state index in [2.05, 4.69) is 24.7 Å². The van der Waals surface area contributed by atoms with Crippen LogP contribution in [0.5, 0.6) is 0 Å². The average Bonchev–Trinajstić information content (AvgIpc) is 3.32. The van der Waals surface area contributed by atoms with Crippen LogP contribution in [0.3, 0.4) is 0 Å². The highest BCUT2D eigenvalue weighted by molar-refractivity contribution is 7.09. The number of piperazine rings is 1. The van der Waals surface area contributed by atoms with Crippen molar-refractivity contribution in [3.05, 3.63) is 41.4 Å². The summed E-state index contributed by atoms with van der Waals surface area (Å²) in [6, 6.07) is 5.92. The maximum atomic E-state index is 13.1. The van der Waals surface area contributed by atoms with Crippen LogP contribution in [0.4, 0.5) is 20.1 Å². The van der Waals surface area contributed by atoms with Crippen LogP contribution in [-0.4, -0.2) is 51.6 Å². The van der Waals surface area contributed by atoms with Gasteiger partial charge in [0, 0.05) is 48.8 Å². The molecule has 0 spiro atoms. The van der Waals surface area contributed by atoms with E-state index in [1.165, 1.54) is 23.7 Å². The lowest BCUT2D eigenvalue weighted by Crippen LogP contribution is -2.50. The van der Waals surface area contributed by atoms with Crippen LogP contribution < -0.4 is 10.2 Å². The number of aromatic nitrogens is 3. The number of nitrogens with one attached hydrogen (secondary N) is 1. The van der Waals surface area contributed by atoms with E-state index in [9.17, 15) is 9.18 Å². The minimum absolute atomic E-state index is 0.194. The minimum Gasteiger partial charge on any atom is -0.359 e. The standard InChI is InChI=1S/C18H19FN6O2S/c1-11-12(2)27-22-15(11)20-17(26)24-7-9-25(10-8-24)18-21-16(23-28-18)13-3-5-14(19)6-4-13/h3-6H,7-10H2,1-2H3,(H,20,22,26). The number of halogens is 1. The first kappa shape index (κ1) is 18.4. The van der Waals surface area contributed by atoms with Crippen LogP contribution in [0.1, 0.15) is 11.3 Å². The van der Waals surface area contributed by atoms with Gasteiger partial charge in [0.2, 0.25) is 5.13 Å². The maximum absolute atomic E-state index is 13.1. The number of hydrogen-bond acceptors (Lipinski definition) is 7. The lowest BCUT2D eigenvalue weighted by atomic mass is 10.2. The predicted octanol–water partition coefficient (Wildman–Crippen LogP) is 3.30. The van der Waals surface area contributed by atoms with E-state index in [-0.39, 0.29) is 11.8 Å². The first-order valence-corrected chi connectivity index (χ1v) is 9.62. The largest absolute Gasteiger partial charge is 0.359 e. The van der Waals surface area contributed by atoms with E-state index < -0.39 is 0 Å². The molecule has 146 valence electrons. The number of urea groups is 1. The second-order valence-corrected chi connectivity index (χ2v) is 7.25. The van der Waals surface area contributed by atoms with Gasteiger partial charge in [0.1, 0.15) is 11.6 Å². The first-order valence-electron chi connectivity index (χ1n) is 8.84. The third-order valence-corrected chi connectivity index (χ3v) is 5.51. The molecule has 2 amide bonds. The van der Waals surface area contributed by atoms with Crippen molar-refractivity contribution in [3.63, 3.8) is 0 Å². The topological polar surface area (TPSA) is 87.4 Å². The van der Waals surface area contributed by atoms with E-state index >= 15 is 0 Å². The second-order valence-electron chi connectivity index (χ2n) is 6.52. The van der Waals surface area contributed by atoms with Crippen LogP contribution in [0.2, 0.25) is 0 Å². The molecule has 0 atom stereocenters. The molecule has 8 nitrogen and oxygen atoms in total. The van der Waals surface area contributed by atoms with Crippen LogP contribution >= 0.6 is 11.5 Å². The second kappa shape index (κ2) is 7.55. The summed E-state index contributed by atoms with van der Waals surface area (Å²) in [6.07, 6.45) is 0. The van der Waals surface area contributed by atoms with E-state index in [1.807, 2.05) is 6.92 Å². The third kappa shape index (κ3) is 3.68. The summed E-state index contributed by atoms with van der Waals surface area (Å²) >= 11 is 1.30. The minimum atomic E-state index is -0.287. The highest BCUT2D eigenvalue weighted by atomic mass is 32.1. The van der Waals surface area contributed by atoms with Crippen LogP contribution in [0, 0.1) is 19.7 Å². The number of hydrogen-bond donors (Lipinski definition) is 1. The van der Waals surface area contributed by atoms with Crippen LogP contribution in [0.15, 0.2) is 28.8 Å². The van der Waals surface area contributed by atoms with Crippen molar-refractivity contribution in [3.8, 4) is 11.4 Å². The SMILES string of the molecule is Cc1onc(NC(=O)N2CCN(c3nc(-c4ccc(F)cc4)ns3)CC2)c1C. The number of anilines is 2. The van der Waals surface area contributed by atoms with Gasteiger partial charge in [0.05, 0.1) is 0 Å². The Hall–Kier alpha value is -3.01. The highest BCUT2D eigenvalue weighted by Gasteiger charge is 2.24. The molecule has 1 aliphatic heterocycles. The molecule has 0 bridgehead atoms. The Morgan fingerprint density at radius 1 is 1.18 bits per heavy atom. The van der Waals surface area contributed by atoms with Crippen LogP contribution in [-0.2, 0) is 0 Å². The Bertz CT molecular complexity index is 978. The van der Waals surface area contributed by atoms with Gasteiger partial charge in [-0.25, -0.2) is 9.18 Å². The van der Waals surface area contributed by atoms with Gasteiger partial charge in [-0.1, -0.05) is 5.16 Å². The molecule has 28 heavy (non-hydrogen) atoms. The summed E-state index contributed by atoms with van der Waals surface area (Å²) in [5.74, 6) is 1.44. The fourth-order valence-corrected chi connectivity index (χ4v) is 3.62. The molecule has 3 heterocycles. The molecule has 1 N–H and O–H groups in total. The molecule has 1 aromatic carbocycles. The van der Waals surface area contributed by atoms with E-state index in [1.54, 1.807) is 24.0 Å². The maximum Gasteiger partial charge on any atom is 0.323 e. The van der Waals surface area contributed by atoms with Crippen molar-refractivity contribution in [2.75, 3.05) is 36.4 Å². The number of amides is 2. The molecule has 1 saturated heterocycles. The van der Waals surface area contributed by atoms with Gasteiger partial charge >= 0.3 is 6.03 Å². The van der Waals surface area contributed by atoms with Gasteiger partial charge in [-0.05, 0) is 38.1 Å². The molecule has 0 radical (unpaired) electrons. The molecular formula is C18H19FN6O2S. The Labute approximate surface area is 165 Å². The Kier molecular flexibility index (Phi) is 4.95. The zero-order valence-electron chi connectivity index (χ0n) is 15.5. The molecule has 0 aliphatic carbocycles. The summed E-state index contributed by atoms with van der Waals surface area (Å²) in [7, 11) is 0.